The second-order valence-corrected chi connectivity index (χ2v) is 7.24. The highest BCUT2D eigenvalue weighted by molar-refractivity contribution is 7.99. The molecule has 0 bridgehead atoms. The van der Waals surface area contributed by atoms with E-state index in [1.807, 2.05) is 30.9 Å². The molecule has 1 aliphatic rings. The largest absolute Gasteiger partial charge is 0.354 e. The molecule has 1 fully saturated rings. The van der Waals surface area contributed by atoms with Crippen LogP contribution in [0, 0.1) is 0 Å². The Balaban J connectivity index is 1.63. The lowest BCUT2D eigenvalue weighted by molar-refractivity contribution is 0.0941. The van der Waals surface area contributed by atoms with Gasteiger partial charge in [0.15, 0.2) is 5.65 Å². The molecule has 0 unspecified atom stereocenters. The maximum atomic E-state index is 12.6. The highest BCUT2D eigenvalue weighted by Gasteiger charge is 2.21. The number of carbonyl (C=O) groups is 1. The number of nitrogens with one attached hydrogen (secondary N) is 1. The van der Waals surface area contributed by atoms with Crippen molar-refractivity contribution < 1.29 is 4.79 Å². The molecule has 26 heavy (non-hydrogen) atoms. The standard InChI is InChI=1S/C17H19N7OS/c1-23-15-13(11-20-23)16(24-6-8-26-9-7-24)22-14(21-15)17(25)19-10-12-2-4-18-5-3-12/h2-5,11H,6-10H2,1H3,(H,19,25). The van der Waals surface area contributed by atoms with Crippen molar-refractivity contribution in [3.05, 3.63) is 42.1 Å². The van der Waals surface area contributed by atoms with Crippen molar-refractivity contribution in [2.75, 3.05) is 29.5 Å². The number of anilines is 1. The Morgan fingerprint density at radius 1 is 1.23 bits per heavy atom. The molecule has 0 aromatic carbocycles. The van der Waals surface area contributed by atoms with Gasteiger partial charge in [0.05, 0.1) is 11.6 Å². The van der Waals surface area contributed by atoms with Gasteiger partial charge in [-0.25, -0.2) is 9.97 Å². The minimum absolute atomic E-state index is 0.170. The summed E-state index contributed by atoms with van der Waals surface area (Å²) in [5.74, 6) is 2.77. The molecule has 4 rings (SSSR count). The van der Waals surface area contributed by atoms with Crippen LogP contribution in [0.2, 0.25) is 0 Å². The van der Waals surface area contributed by atoms with Crippen LogP contribution in [-0.2, 0) is 13.6 Å². The zero-order valence-electron chi connectivity index (χ0n) is 14.4. The van der Waals surface area contributed by atoms with Crippen LogP contribution in [0.15, 0.2) is 30.7 Å². The Bertz CT molecular complexity index is 922. The molecule has 0 aliphatic carbocycles. The molecule has 4 heterocycles. The van der Waals surface area contributed by atoms with Crippen LogP contribution >= 0.6 is 11.8 Å². The van der Waals surface area contributed by atoms with Crippen LogP contribution < -0.4 is 10.2 Å². The number of rotatable bonds is 4. The second-order valence-electron chi connectivity index (χ2n) is 6.01. The number of pyridine rings is 1. The third-order valence-corrected chi connectivity index (χ3v) is 5.23. The number of nitrogens with zero attached hydrogens (tertiary/aromatic N) is 6. The normalized spacial score (nSPS) is 14.6. The first-order valence-corrected chi connectivity index (χ1v) is 9.57. The quantitative estimate of drug-likeness (QED) is 0.740. The van der Waals surface area contributed by atoms with E-state index in [2.05, 4.69) is 30.3 Å². The molecule has 1 amide bonds. The molecule has 0 saturated carbocycles. The number of aromatic nitrogens is 5. The first-order chi connectivity index (χ1) is 12.7. The molecular formula is C17H19N7OS. The summed E-state index contributed by atoms with van der Waals surface area (Å²) in [6, 6.07) is 3.73. The van der Waals surface area contributed by atoms with Crippen LogP contribution in [-0.4, -0.2) is 55.2 Å². The summed E-state index contributed by atoms with van der Waals surface area (Å²) in [6.07, 6.45) is 5.17. The van der Waals surface area contributed by atoms with Crippen molar-refractivity contribution >= 4 is 34.5 Å². The van der Waals surface area contributed by atoms with E-state index in [1.54, 1.807) is 23.3 Å². The summed E-state index contributed by atoms with van der Waals surface area (Å²) in [4.78, 5) is 27.8. The van der Waals surface area contributed by atoms with Crippen LogP contribution in [0.4, 0.5) is 5.82 Å². The van der Waals surface area contributed by atoms with E-state index in [0.717, 1.165) is 41.4 Å². The maximum absolute atomic E-state index is 12.6. The van der Waals surface area contributed by atoms with Crippen molar-refractivity contribution in [3.8, 4) is 0 Å². The fourth-order valence-electron chi connectivity index (χ4n) is 2.89. The van der Waals surface area contributed by atoms with Crippen molar-refractivity contribution in [2.45, 2.75) is 6.54 Å². The van der Waals surface area contributed by atoms with Crippen LogP contribution in [0.1, 0.15) is 16.2 Å². The molecule has 0 atom stereocenters. The number of amides is 1. The average molecular weight is 369 g/mol. The third kappa shape index (κ3) is 3.34. The first kappa shape index (κ1) is 16.8. The van der Waals surface area contributed by atoms with Crippen molar-refractivity contribution in [3.63, 3.8) is 0 Å². The lowest BCUT2D eigenvalue weighted by Crippen LogP contribution is -2.34. The van der Waals surface area contributed by atoms with Gasteiger partial charge in [0.1, 0.15) is 5.82 Å². The third-order valence-electron chi connectivity index (χ3n) is 4.29. The van der Waals surface area contributed by atoms with Crippen LogP contribution in [0.5, 0.6) is 0 Å². The Kier molecular flexibility index (Phi) is 4.70. The molecule has 3 aromatic heterocycles. The van der Waals surface area contributed by atoms with Gasteiger partial charge in [-0.15, -0.1) is 0 Å². The van der Waals surface area contributed by atoms with Gasteiger partial charge in [-0.2, -0.15) is 16.9 Å². The molecule has 3 aromatic rings. The van der Waals surface area contributed by atoms with Gasteiger partial charge in [0.25, 0.3) is 5.91 Å². The first-order valence-electron chi connectivity index (χ1n) is 8.42. The predicted molar refractivity (Wildman–Crippen MR) is 101 cm³/mol. The average Bonchev–Trinajstić information content (AvgIpc) is 3.08. The lowest BCUT2D eigenvalue weighted by Gasteiger charge is -2.27. The number of fused-ring (bicyclic) bond motifs is 1. The highest BCUT2D eigenvalue weighted by atomic mass is 32.2. The number of hydrogen-bond donors (Lipinski definition) is 1. The summed E-state index contributed by atoms with van der Waals surface area (Å²) >= 11 is 1.93. The summed E-state index contributed by atoms with van der Waals surface area (Å²) in [5, 5.41) is 8.05. The van der Waals surface area contributed by atoms with E-state index in [9.17, 15) is 4.79 Å². The monoisotopic (exact) mass is 369 g/mol. The zero-order valence-corrected chi connectivity index (χ0v) is 15.2. The Labute approximate surface area is 155 Å². The number of carbonyl (C=O) groups excluding carboxylic acids is 1. The van der Waals surface area contributed by atoms with Gasteiger partial charge < -0.3 is 10.2 Å². The summed E-state index contributed by atoms with van der Waals surface area (Å²) in [7, 11) is 1.82. The van der Waals surface area contributed by atoms with Gasteiger partial charge in [-0.3, -0.25) is 14.5 Å². The second kappa shape index (κ2) is 7.28. The fourth-order valence-corrected chi connectivity index (χ4v) is 3.79. The summed E-state index contributed by atoms with van der Waals surface area (Å²) in [5.41, 5.74) is 1.64. The predicted octanol–water partition coefficient (Wildman–Crippen LogP) is 1.24. The molecular weight excluding hydrogens is 350 g/mol. The Morgan fingerprint density at radius 2 is 2.00 bits per heavy atom. The van der Waals surface area contributed by atoms with Crippen molar-refractivity contribution in [2.24, 2.45) is 7.05 Å². The SMILES string of the molecule is Cn1ncc2c(N3CCSCC3)nc(C(=O)NCc3ccncc3)nc21. The number of hydrogen-bond acceptors (Lipinski definition) is 7. The van der Waals surface area contributed by atoms with Gasteiger partial charge in [-0.05, 0) is 17.7 Å². The van der Waals surface area contributed by atoms with E-state index >= 15 is 0 Å². The molecule has 8 nitrogen and oxygen atoms in total. The smallest absolute Gasteiger partial charge is 0.289 e. The zero-order chi connectivity index (χ0) is 17.9. The summed E-state index contributed by atoms with van der Waals surface area (Å²) < 4.78 is 1.68. The topological polar surface area (TPSA) is 88.8 Å². The van der Waals surface area contributed by atoms with Gasteiger partial charge in [-0.1, -0.05) is 0 Å². The molecule has 0 radical (unpaired) electrons. The molecule has 1 aliphatic heterocycles. The van der Waals surface area contributed by atoms with Crippen molar-refractivity contribution in [1.29, 1.82) is 0 Å². The van der Waals surface area contributed by atoms with E-state index in [0.29, 0.717) is 12.2 Å². The molecule has 1 saturated heterocycles. The van der Waals surface area contributed by atoms with Crippen LogP contribution in [0.25, 0.3) is 11.0 Å². The van der Waals surface area contributed by atoms with Gasteiger partial charge in [0.2, 0.25) is 5.82 Å². The lowest BCUT2D eigenvalue weighted by atomic mass is 10.2. The van der Waals surface area contributed by atoms with Gasteiger partial charge in [0, 0.05) is 50.6 Å². The van der Waals surface area contributed by atoms with E-state index in [-0.39, 0.29) is 11.7 Å². The minimum Gasteiger partial charge on any atom is -0.354 e. The molecule has 9 heteroatoms. The number of thioether (sulfide) groups is 1. The van der Waals surface area contributed by atoms with E-state index in [4.69, 9.17) is 0 Å². The highest BCUT2D eigenvalue weighted by Crippen LogP contribution is 2.25. The van der Waals surface area contributed by atoms with Gasteiger partial charge >= 0.3 is 0 Å². The number of aryl methyl sites for hydroxylation is 1. The minimum atomic E-state index is -0.294. The molecule has 0 spiro atoms. The maximum Gasteiger partial charge on any atom is 0.289 e. The van der Waals surface area contributed by atoms with E-state index < -0.39 is 0 Å². The molecule has 1 N–H and O–H groups in total. The van der Waals surface area contributed by atoms with Crippen molar-refractivity contribution in [1.82, 2.24) is 30.0 Å². The van der Waals surface area contributed by atoms with Crippen LogP contribution in [0.3, 0.4) is 0 Å². The fraction of sp³-hybridized carbons (Fsp3) is 0.353. The van der Waals surface area contributed by atoms with E-state index in [1.165, 1.54) is 0 Å². The summed E-state index contributed by atoms with van der Waals surface area (Å²) in [6.45, 7) is 2.22. The molecule has 134 valence electrons. The Hall–Kier alpha value is -2.68. The Morgan fingerprint density at radius 3 is 2.77 bits per heavy atom.